The summed E-state index contributed by atoms with van der Waals surface area (Å²) >= 11 is 28.3. The van der Waals surface area contributed by atoms with Crippen molar-refractivity contribution in [3.8, 4) is 0 Å². The van der Waals surface area contributed by atoms with E-state index in [4.69, 9.17) is 209 Å². The molecule has 68 heteroatoms. The zero-order valence-electron chi connectivity index (χ0n) is 78.4. The SMILES string of the molecule is CC[C@H]1O[C@@H](n2cnc3c(N)ncnc32)C[C@H]1OP([O-])(=S)OC[C@H]1O[C@@H](n2cnc3c(N)ncnc32)C(OCCOC)[C@H]1OP([O-])(=S)OC[C@H]1O[C@@H](n2cc(C)c(=O)[nH]c2=O)C(OCCOC)[C@H]1OP(=O)([S-])OC[C@H]1O[C@@H](n2cc(C)c(N)nc2=O)C(OCCOC)[C@H]1OP([O-])(=S)OC[C@H]1O[C@@H](n2cc(C)c(N)nc2=O)C(OCCOC)[C@H]1OP([O-])(=S)OC[C@H]1O[C@@H](n2cc(C)c(N)nc2=O)C(OCCOC)[C@H]1O. The lowest BCUT2D eigenvalue weighted by atomic mass is 10.1. The molecule has 144 heavy (non-hydrogen) atoms. The fourth-order valence-corrected chi connectivity index (χ4v) is 23.5. The van der Waals surface area contributed by atoms with Crippen LogP contribution in [-0.2, 0) is 185 Å². The van der Waals surface area contributed by atoms with Gasteiger partial charge in [-0.1, -0.05) is 54.2 Å². The summed E-state index contributed by atoms with van der Waals surface area (Å²) in [7, 11) is 6.78. The Labute approximate surface area is 843 Å². The molecule has 6 aliphatic rings. The molecule has 0 amide bonds. The highest BCUT2D eigenvalue weighted by Crippen LogP contribution is 2.57. The normalized spacial score (nSPS) is 29.3. The quantitative estimate of drug-likeness (QED) is 0.0112. The highest BCUT2D eigenvalue weighted by atomic mass is 32.7. The first kappa shape index (κ1) is 113. The minimum atomic E-state index is -5.35. The monoisotopic (exact) mass is 2220 g/mol. The molecule has 14 rings (SSSR count). The lowest BCUT2D eigenvalue weighted by molar-refractivity contribution is -0.223. The number of hydrogen-bond acceptors (Lipinski definition) is 56. The molecular weight excluding hydrogens is 2110 g/mol. The van der Waals surface area contributed by atoms with Gasteiger partial charge in [-0.05, 0) is 34.1 Å². The molecule has 0 saturated carbocycles. The van der Waals surface area contributed by atoms with Gasteiger partial charge in [0.2, 0.25) is 0 Å². The molecule has 6 aliphatic heterocycles. The number of nitrogens with two attached hydrogens (primary N) is 5. The summed E-state index contributed by atoms with van der Waals surface area (Å²) in [5.41, 5.74) is 27.2. The van der Waals surface area contributed by atoms with E-state index in [-0.39, 0.29) is 129 Å². The van der Waals surface area contributed by atoms with Gasteiger partial charge < -0.3 is 187 Å². The van der Waals surface area contributed by atoms with Crippen LogP contribution in [0.25, 0.3) is 22.3 Å². The van der Waals surface area contributed by atoms with E-state index in [1.165, 1.54) is 98.5 Å². The molecule has 0 spiro atoms. The molecule has 0 aliphatic carbocycles. The first-order valence-electron chi connectivity index (χ1n) is 44.1. The highest BCUT2D eigenvalue weighted by molar-refractivity contribution is 8.32. The average Bonchev–Trinajstić information content (AvgIpc) is 1.61. The van der Waals surface area contributed by atoms with Gasteiger partial charge in [0.1, 0.15) is 166 Å². The molecule has 58 nitrogen and oxygen atoms in total. The van der Waals surface area contributed by atoms with Crippen LogP contribution in [0.4, 0.5) is 29.1 Å². The van der Waals surface area contributed by atoms with Gasteiger partial charge in [0.05, 0.1) is 124 Å². The van der Waals surface area contributed by atoms with Crippen molar-refractivity contribution in [2.45, 2.75) is 189 Å². The van der Waals surface area contributed by atoms with Gasteiger partial charge in [-0.15, -0.1) is 0 Å². The molecule has 798 valence electrons. The molecule has 6 fully saturated rings. The molecule has 8 aromatic heterocycles. The van der Waals surface area contributed by atoms with Crippen LogP contribution in [0.1, 0.15) is 79.4 Å². The number of H-pyrrole nitrogens is 1. The summed E-state index contributed by atoms with van der Waals surface area (Å²) in [5, 5.41) is 11.8. The third-order valence-electron chi connectivity index (χ3n) is 23.4. The second kappa shape index (κ2) is 49.2. The summed E-state index contributed by atoms with van der Waals surface area (Å²) in [6.45, 7) is -24.6. The lowest BCUT2D eigenvalue weighted by Gasteiger charge is -2.37. The average molecular weight is 2220 g/mol. The van der Waals surface area contributed by atoms with E-state index < -0.39 is 236 Å². The fourth-order valence-electron chi connectivity index (χ4n) is 16.4. The van der Waals surface area contributed by atoms with Crippen molar-refractivity contribution in [3.63, 3.8) is 0 Å². The Bertz CT molecular complexity index is 6370. The number of nitrogens with zero attached hydrogens (tertiary/aromatic N) is 15. The Morgan fingerprint density at radius 1 is 0.410 bits per heavy atom. The van der Waals surface area contributed by atoms with Crippen LogP contribution >= 0.6 is 33.7 Å². The molecule has 6 saturated heterocycles. The number of aromatic nitrogens is 16. The standard InChI is InChI=1S/C76H112N21O37P5S5/c1-11-40-41(22-47(124-40)96-34-86-48-63(80)82-32-84-65(48)96)130-135(104,140)120-28-46-54(59(118-21-16-113-10)72(129-46)97-35-87-49-64(81)83-33-85-66(49)97)134-139(108,144)123-31-45-53(58(117-20-15-112-9)71(128-45)95-26-39(5)67(99)91-76(95)103)133-138(107,143)122-30-44-52(57(116-19-14-111-8)70(127-44)94-25-38(4)62(79)90-75(94)102)132-137(106,142)121-29-43-51(56(115-18-13-110-7)69(126-43)93-24-37(3)61(78)89-74(93)101)131-136(105,141)119-27-42-50(98)55(114-17-12-109-6)68(125-42)92-23-36(2)60(77)88-73(92)100/h23-26,32-35,40-47,50-59,68-72,98H,11-22,27-31H2,1-10H3,(H,104,140)(H,105,141)(H,106,142)(H,107,143)(H,108,144)(H2,77,88,100)(H2,78,89,101)(H2,79,90,102)(H2,80,82,84)(H2,81,83,85)(H,91,99,103)/p-5/t40-,41-,42-,43-,44-,45-,46-,47-,50+,51+,52+,53+,54+,55?,56?,57?,58?,59?,68-,69-,70-,71-,72-,135?,136?,137?,138?,139?/m1/s1. The highest BCUT2D eigenvalue weighted by Gasteiger charge is 2.56. The maximum Gasteiger partial charge on any atom is 0.351 e. The second-order valence-electron chi connectivity index (χ2n) is 33.0. The number of imidazole rings is 2. The Balaban J connectivity index is 0.751. The molecule has 10 unspecified atom stereocenters. The summed E-state index contributed by atoms with van der Waals surface area (Å²) in [6, 6.07) is 0. The number of rotatable bonds is 52. The van der Waals surface area contributed by atoms with E-state index in [0.29, 0.717) is 23.1 Å². The number of aryl methyl sites for hydroxylation is 4. The van der Waals surface area contributed by atoms with Gasteiger partial charge in [-0.3, -0.25) is 41.7 Å². The van der Waals surface area contributed by atoms with E-state index in [1.807, 2.05) is 0 Å². The predicted octanol–water partition coefficient (Wildman–Crippen LogP) is -3.16. The Morgan fingerprint density at radius 2 is 0.736 bits per heavy atom. The number of nitrogens with one attached hydrogen (secondary N) is 1. The van der Waals surface area contributed by atoms with E-state index in [2.05, 4.69) is 49.8 Å². The van der Waals surface area contributed by atoms with Crippen molar-refractivity contribution in [3.05, 3.63) is 125 Å². The number of aliphatic hydroxyl groups excluding tert-OH is 1. The van der Waals surface area contributed by atoms with Crippen molar-refractivity contribution in [1.82, 2.24) is 77.2 Å². The molecule has 8 aromatic rings. The van der Waals surface area contributed by atoms with E-state index in [0.717, 1.165) is 30.8 Å². The minimum Gasteiger partial charge on any atom is -0.780 e. The number of fused-ring (bicyclic) bond motifs is 2. The molecule has 28 atom stereocenters. The van der Waals surface area contributed by atoms with Crippen molar-refractivity contribution in [2.75, 3.05) is 163 Å². The number of aliphatic hydroxyl groups is 1. The molecular formula is C76H107N21O37P5S5-5. The maximum atomic E-state index is 15.7. The number of nitrogen functional groups attached to an aromatic ring is 5. The largest absolute Gasteiger partial charge is 0.780 e. The number of ether oxygens (including phenoxy) is 16. The third kappa shape index (κ3) is 26.9. The molecule has 0 bridgehead atoms. The number of aromatic amines is 1. The molecule has 0 aromatic carbocycles. The molecule has 0 radical (unpaired) electrons. The maximum absolute atomic E-state index is 15.7. The van der Waals surface area contributed by atoms with Gasteiger partial charge in [0.15, 0.2) is 60.9 Å². The Morgan fingerprint density at radius 3 is 1.13 bits per heavy atom. The predicted molar refractivity (Wildman–Crippen MR) is 507 cm³/mol. The van der Waals surface area contributed by atoms with Gasteiger partial charge in [0, 0.05) is 89.0 Å². The Kier molecular flexibility index (Phi) is 38.6. The van der Waals surface area contributed by atoms with Crippen LogP contribution in [0.5, 0.6) is 0 Å². The zero-order valence-corrected chi connectivity index (χ0v) is 87.0. The van der Waals surface area contributed by atoms with Crippen LogP contribution < -0.4 is 76.6 Å². The Hall–Kier alpha value is -6.64. The topological polar surface area (TPSA) is 746 Å². The summed E-state index contributed by atoms with van der Waals surface area (Å²) < 4.78 is 180. The van der Waals surface area contributed by atoms with Gasteiger partial charge in [-0.2, -0.15) is 15.0 Å². The smallest absolute Gasteiger partial charge is 0.351 e. The first-order chi connectivity index (χ1) is 68.5. The van der Waals surface area contributed by atoms with Crippen LogP contribution in [0.15, 0.2) is 74.1 Å². The summed E-state index contributed by atoms with van der Waals surface area (Å²) in [5.74, 6) is -0.410. The van der Waals surface area contributed by atoms with E-state index in [1.54, 1.807) is 18.4 Å². The number of methoxy groups -OCH3 is 5. The zero-order chi connectivity index (χ0) is 104. The van der Waals surface area contributed by atoms with Gasteiger partial charge in [0.25, 0.3) is 5.56 Å². The summed E-state index contributed by atoms with van der Waals surface area (Å²) in [4.78, 5) is 169. The number of hydrogen-bond donors (Lipinski definition) is 7. The fraction of sp³-hybridized carbons (Fsp3) is 0.658. The van der Waals surface area contributed by atoms with Gasteiger partial charge >= 0.3 is 22.8 Å². The lowest BCUT2D eigenvalue weighted by Crippen LogP contribution is -2.42. The van der Waals surface area contributed by atoms with Crippen molar-refractivity contribution in [1.29, 1.82) is 0 Å². The van der Waals surface area contributed by atoms with Crippen LogP contribution in [0.2, 0.25) is 0 Å². The van der Waals surface area contributed by atoms with Crippen LogP contribution in [-0.4, -0.2) is 321 Å². The minimum absolute atomic E-state index is 0.0311. The first-order valence-corrected chi connectivity index (χ1v) is 56.8. The van der Waals surface area contributed by atoms with Crippen molar-refractivity contribution < 1.29 is 150 Å². The molecule has 14 heterocycles. The number of anilines is 5. The van der Waals surface area contributed by atoms with Crippen molar-refractivity contribution in [2.24, 2.45) is 0 Å². The van der Waals surface area contributed by atoms with Gasteiger partial charge in [-0.25, -0.2) is 49.1 Å². The van der Waals surface area contributed by atoms with Crippen LogP contribution in [0, 0.1) is 27.7 Å². The second-order valence-corrected chi connectivity index (χ2v) is 46.5. The van der Waals surface area contributed by atoms with E-state index >= 15 is 14.4 Å². The summed E-state index contributed by atoms with van der Waals surface area (Å²) in [6.07, 6.45) is -25.4. The van der Waals surface area contributed by atoms with Crippen LogP contribution in [0.3, 0.4) is 0 Å². The van der Waals surface area contributed by atoms with Crippen molar-refractivity contribution >= 4 is 145 Å². The third-order valence-corrected chi connectivity index (χ3v) is 31.1. The van der Waals surface area contributed by atoms with E-state index in [9.17, 15) is 38.9 Å². The molecule has 12 N–H and O–H groups in total.